The minimum absolute atomic E-state index is 0.123. The largest absolute Gasteiger partial charge is 0.771 e. The summed E-state index contributed by atoms with van der Waals surface area (Å²) in [5, 5.41) is -0.705. The maximum absolute atomic E-state index is 12.8. The predicted octanol–water partition coefficient (Wildman–Crippen LogP) is 1.68. The third-order valence-corrected chi connectivity index (χ3v) is 7.33. The van der Waals surface area contributed by atoms with Gasteiger partial charge in [-0.3, -0.25) is 4.21 Å². The SMILES string of the molecule is COc1ccc(S(=O)(=O)C(=[N+]=[N-])C2(S(=O)[O-])CCCCC2)cc1. The van der Waals surface area contributed by atoms with E-state index in [4.69, 9.17) is 4.74 Å². The van der Waals surface area contributed by atoms with Crippen LogP contribution in [0.3, 0.4) is 0 Å². The van der Waals surface area contributed by atoms with Crippen molar-refractivity contribution < 1.29 is 26.7 Å². The smallest absolute Gasteiger partial charge is 0.403 e. The van der Waals surface area contributed by atoms with Crippen LogP contribution in [0.5, 0.6) is 5.75 Å². The second-order valence-corrected chi connectivity index (χ2v) is 8.49. The molecule has 0 heterocycles. The van der Waals surface area contributed by atoms with E-state index >= 15 is 0 Å². The maximum Gasteiger partial charge on any atom is 0.403 e. The molecule has 0 radical (unpaired) electrons. The minimum Gasteiger partial charge on any atom is -0.771 e. The molecule has 9 heteroatoms. The number of benzene rings is 1. The van der Waals surface area contributed by atoms with Gasteiger partial charge in [0.1, 0.15) is 10.5 Å². The number of ether oxygens (including phenoxy) is 1. The number of nitrogens with zero attached hydrogens (tertiary/aromatic N) is 2. The average Bonchev–Trinajstić information content (AvgIpc) is 2.56. The summed E-state index contributed by atoms with van der Waals surface area (Å²) in [5.74, 6) is 0.464. The Morgan fingerprint density at radius 3 is 2.26 bits per heavy atom. The summed E-state index contributed by atoms with van der Waals surface area (Å²) in [6.07, 6.45) is 2.19. The summed E-state index contributed by atoms with van der Waals surface area (Å²) >= 11 is -2.71. The Morgan fingerprint density at radius 2 is 1.83 bits per heavy atom. The lowest BCUT2D eigenvalue weighted by Gasteiger charge is -2.34. The summed E-state index contributed by atoms with van der Waals surface area (Å²) in [7, 11) is -2.78. The molecule has 1 unspecified atom stereocenters. The van der Waals surface area contributed by atoms with Gasteiger partial charge in [-0.25, -0.2) is 8.42 Å². The van der Waals surface area contributed by atoms with Crippen LogP contribution >= 0.6 is 0 Å². The molecular weight excluding hydrogens is 340 g/mol. The number of hydrogen-bond acceptors (Lipinski definition) is 5. The highest BCUT2D eigenvalue weighted by molar-refractivity contribution is 8.08. The first kappa shape index (κ1) is 17.8. The zero-order chi connectivity index (χ0) is 17.1. The lowest BCUT2D eigenvalue weighted by atomic mass is 9.89. The van der Waals surface area contributed by atoms with E-state index in [1.807, 2.05) is 0 Å². The molecule has 1 aromatic rings. The van der Waals surface area contributed by atoms with Crippen LogP contribution in [0.2, 0.25) is 0 Å². The van der Waals surface area contributed by atoms with E-state index in [0.29, 0.717) is 18.6 Å². The van der Waals surface area contributed by atoms with E-state index in [0.717, 1.165) is 6.42 Å². The fraction of sp³-hybridized carbons (Fsp3) is 0.500. The lowest BCUT2D eigenvalue weighted by molar-refractivity contribution is -0.00760. The van der Waals surface area contributed by atoms with Gasteiger partial charge in [0.2, 0.25) is 0 Å². The van der Waals surface area contributed by atoms with Crippen molar-refractivity contribution in [3.05, 3.63) is 29.8 Å². The first-order valence-electron chi connectivity index (χ1n) is 7.09. The van der Waals surface area contributed by atoms with Gasteiger partial charge < -0.3 is 14.8 Å². The maximum atomic E-state index is 12.8. The fourth-order valence-corrected chi connectivity index (χ4v) is 5.69. The van der Waals surface area contributed by atoms with E-state index < -0.39 is 30.7 Å². The van der Waals surface area contributed by atoms with E-state index in [1.54, 1.807) is 0 Å². The monoisotopic (exact) mass is 357 g/mol. The Kier molecular flexibility index (Phi) is 5.36. The molecule has 23 heavy (non-hydrogen) atoms. The topological polar surface area (TPSA) is 120 Å². The molecule has 1 atom stereocenters. The van der Waals surface area contributed by atoms with Crippen LogP contribution in [0.25, 0.3) is 5.53 Å². The van der Waals surface area contributed by atoms with Gasteiger partial charge in [0.25, 0.3) is 9.84 Å². The van der Waals surface area contributed by atoms with Gasteiger partial charge in [-0.05, 0) is 48.2 Å². The third-order valence-electron chi connectivity index (χ3n) is 4.09. The Morgan fingerprint density at radius 1 is 1.26 bits per heavy atom. The van der Waals surface area contributed by atoms with E-state index in [-0.39, 0.29) is 17.7 Å². The molecule has 0 spiro atoms. The molecule has 0 N–H and O–H groups in total. The van der Waals surface area contributed by atoms with Crippen LogP contribution in [0.15, 0.2) is 29.2 Å². The Hall–Kier alpha value is -1.54. The molecule has 0 amide bonds. The van der Waals surface area contributed by atoms with Crippen molar-refractivity contribution in [2.24, 2.45) is 0 Å². The molecule has 1 aromatic carbocycles. The molecule has 1 saturated carbocycles. The van der Waals surface area contributed by atoms with Gasteiger partial charge in [-0.1, -0.05) is 19.3 Å². The fourth-order valence-electron chi connectivity index (χ4n) is 2.83. The molecule has 0 aromatic heterocycles. The van der Waals surface area contributed by atoms with Crippen molar-refractivity contribution in [3.8, 4) is 5.75 Å². The first-order valence-corrected chi connectivity index (χ1v) is 9.65. The molecular formula is C14H17N2O5S2-. The highest BCUT2D eigenvalue weighted by Gasteiger charge is 2.52. The first-order chi connectivity index (χ1) is 10.9. The van der Waals surface area contributed by atoms with Crippen molar-refractivity contribution >= 4 is 26.0 Å². The zero-order valence-electron chi connectivity index (χ0n) is 12.6. The van der Waals surface area contributed by atoms with Crippen LogP contribution in [0.1, 0.15) is 32.1 Å². The van der Waals surface area contributed by atoms with E-state index in [2.05, 4.69) is 4.79 Å². The van der Waals surface area contributed by atoms with Gasteiger partial charge in [-0.15, -0.1) is 0 Å². The Balaban J connectivity index is 2.53. The van der Waals surface area contributed by atoms with Crippen molar-refractivity contribution in [1.29, 1.82) is 0 Å². The number of sulfone groups is 1. The second-order valence-electron chi connectivity index (χ2n) is 5.37. The molecule has 1 fully saturated rings. The van der Waals surface area contributed by atoms with Gasteiger partial charge in [0.05, 0.1) is 12.0 Å². The van der Waals surface area contributed by atoms with Gasteiger partial charge in [0, 0.05) is 0 Å². The van der Waals surface area contributed by atoms with E-state index in [1.165, 1.54) is 31.4 Å². The molecule has 0 saturated heterocycles. The summed E-state index contributed by atoms with van der Waals surface area (Å²) in [6.45, 7) is 0. The summed E-state index contributed by atoms with van der Waals surface area (Å²) in [4.78, 5) is 2.76. The zero-order valence-corrected chi connectivity index (χ0v) is 14.2. The molecule has 126 valence electrons. The van der Waals surface area contributed by atoms with Crippen molar-refractivity contribution in [1.82, 2.24) is 0 Å². The van der Waals surface area contributed by atoms with Crippen LogP contribution < -0.4 is 4.74 Å². The second kappa shape index (κ2) is 6.92. The van der Waals surface area contributed by atoms with Crippen molar-refractivity contribution in [2.75, 3.05) is 7.11 Å². The van der Waals surface area contributed by atoms with Crippen LogP contribution in [0.4, 0.5) is 0 Å². The molecule has 0 aliphatic heterocycles. The standard InChI is InChI=1S/C14H18N2O5S2/c1-21-11-5-7-12(8-6-11)23(19,20)13(16-15)14(22(17)18)9-3-2-4-10-14/h5-8H,2-4,9-10H2,1H3,(H,17,18)/p-1. The van der Waals surface area contributed by atoms with E-state index in [9.17, 15) is 22.7 Å². The van der Waals surface area contributed by atoms with Gasteiger partial charge >= 0.3 is 5.04 Å². The van der Waals surface area contributed by atoms with Crippen molar-refractivity contribution in [2.45, 2.75) is 41.7 Å². The van der Waals surface area contributed by atoms with Crippen LogP contribution in [-0.2, 0) is 20.9 Å². The molecule has 0 bridgehead atoms. The average molecular weight is 357 g/mol. The number of methoxy groups -OCH3 is 1. The Bertz CT molecular complexity index is 746. The van der Waals surface area contributed by atoms with Gasteiger partial charge in [-0.2, -0.15) is 4.79 Å². The normalized spacial score (nSPS) is 18.7. The lowest BCUT2D eigenvalue weighted by Crippen LogP contribution is -2.48. The minimum atomic E-state index is -4.23. The molecule has 2 rings (SSSR count). The summed E-state index contributed by atoms with van der Waals surface area (Å²) < 4.78 is 52.4. The summed E-state index contributed by atoms with van der Waals surface area (Å²) in [5.41, 5.74) is 9.30. The predicted molar refractivity (Wildman–Crippen MR) is 83.5 cm³/mol. The van der Waals surface area contributed by atoms with Gasteiger partial charge in [0.15, 0.2) is 0 Å². The highest BCUT2D eigenvalue weighted by Crippen LogP contribution is 2.36. The third kappa shape index (κ3) is 3.23. The number of rotatable bonds is 4. The van der Waals surface area contributed by atoms with Crippen LogP contribution in [0, 0.1) is 0 Å². The highest BCUT2D eigenvalue weighted by atomic mass is 32.2. The quantitative estimate of drug-likeness (QED) is 0.267. The molecule has 7 nitrogen and oxygen atoms in total. The number of hydrogen-bond donors (Lipinski definition) is 0. The van der Waals surface area contributed by atoms with Crippen molar-refractivity contribution in [3.63, 3.8) is 0 Å². The Labute approximate surface area is 137 Å². The molecule has 1 aliphatic carbocycles. The molecule has 1 aliphatic rings. The van der Waals surface area contributed by atoms with Crippen LogP contribution in [-0.4, -0.2) is 38.9 Å². The summed E-state index contributed by atoms with van der Waals surface area (Å²) in [6, 6.07) is 5.49.